The molecule has 1 heterocycles. The zero-order valence-electron chi connectivity index (χ0n) is 13.9. The highest BCUT2D eigenvalue weighted by molar-refractivity contribution is 6.42. The molecule has 0 atom stereocenters. The number of fused-ring (bicyclic) bond motifs is 1. The van der Waals surface area contributed by atoms with Crippen LogP contribution in [0.4, 0.5) is 0 Å². The fraction of sp³-hybridized carbons (Fsp3) is 0.263. The molecule has 0 saturated heterocycles. The Morgan fingerprint density at radius 3 is 2.72 bits per heavy atom. The molecule has 0 aliphatic carbocycles. The SMILES string of the molecule is CCC(=O)NCCc1nc2ccccc2n1Cc1ccc(Cl)c(Cl)c1. The first kappa shape index (κ1) is 17.8. The van der Waals surface area contributed by atoms with E-state index >= 15 is 0 Å². The second-order valence-electron chi connectivity index (χ2n) is 5.80. The minimum absolute atomic E-state index is 0.0483. The quantitative estimate of drug-likeness (QED) is 0.691. The number of amides is 1. The molecule has 2 aromatic carbocycles. The lowest BCUT2D eigenvalue weighted by Gasteiger charge is -2.11. The minimum Gasteiger partial charge on any atom is -0.356 e. The number of hydrogen-bond acceptors (Lipinski definition) is 2. The Morgan fingerprint density at radius 1 is 1.16 bits per heavy atom. The average Bonchev–Trinajstić information content (AvgIpc) is 2.95. The number of benzene rings is 2. The maximum absolute atomic E-state index is 11.5. The Kier molecular flexibility index (Phi) is 5.61. The number of para-hydroxylation sites is 2. The number of hydrogen-bond donors (Lipinski definition) is 1. The Balaban J connectivity index is 1.89. The number of carbonyl (C=O) groups excluding carboxylic acids is 1. The van der Waals surface area contributed by atoms with E-state index in [2.05, 4.69) is 9.88 Å². The Hall–Kier alpha value is -2.04. The van der Waals surface area contributed by atoms with Gasteiger partial charge in [-0.25, -0.2) is 4.98 Å². The molecule has 3 rings (SSSR count). The topological polar surface area (TPSA) is 46.9 Å². The van der Waals surface area contributed by atoms with E-state index in [0.717, 1.165) is 22.4 Å². The van der Waals surface area contributed by atoms with Gasteiger partial charge in [0.2, 0.25) is 5.91 Å². The highest BCUT2D eigenvalue weighted by Gasteiger charge is 2.12. The number of halogens is 2. The van der Waals surface area contributed by atoms with E-state index in [1.54, 1.807) is 6.07 Å². The van der Waals surface area contributed by atoms with Crippen molar-refractivity contribution < 1.29 is 4.79 Å². The third-order valence-corrected chi connectivity index (χ3v) is 4.79. The van der Waals surface area contributed by atoms with Crippen LogP contribution in [-0.2, 0) is 17.8 Å². The molecule has 4 nitrogen and oxygen atoms in total. The van der Waals surface area contributed by atoms with Crippen LogP contribution in [0.25, 0.3) is 11.0 Å². The maximum atomic E-state index is 11.5. The summed E-state index contributed by atoms with van der Waals surface area (Å²) in [6.45, 7) is 3.06. The first-order chi connectivity index (χ1) is 12.1. The van der Waals surface area contributed by atoms with Crippen molar-refractivity contribution in [3.63, 3.8) is 0 Å². The van der Waals surface area contributed by atoms with Crippen molar-refractivity contribution in [3.05, 3.63) is 63.9 Å². The van der Waals surface area contributed by atoms with Crippen LogP contribution >= 0.6 is 23.2 Å². The molecule has 0 saturated carbocycles. The summed E-state index contributed by atoms with van der Waals surface area (Å²) < 4.78 is 2.16. The van der Waals surface area contributed by atoms with Gasteiger partial charge in [-0.3, -0.25) is 4.79 Å². The van der Waals surface area contributed by atoms with E-state index in [1.807, 2.05) is 43.3 Å². The minimum atomic E-state index is 0.0483. The first-order valence-corrected chi connectivity index (χ1v) is 8.99. The lowest BCUT2D eigenvalue weighted by atomic mass is 10.2. The van der Waals surface area contributed by atoms with Crippen molar-refractivity contribution in [2.24, 2.45) is 0 Å². The van der Waals surface area contributed by atoms with Gasteiger partial charge in [-0.05, 0) is 29.8 Å². The van der Waals surface area contributed by atoms with Gasteiger partial charge in [0.25, 0.3) is 0 Å². The third kappa shape index (κ3) is 4.14. The number of aromatic nitrogens is 2. The number of rotatable bonds is 6. The summed E-state index contributed by atoms with van der Waals surface area (Å²) in [5.74, 6) is 0.982. The molecule has 0 radical (unpaired) electrons. The van der Waals surface area contributed by atoms with Crippen LogP contribution in [0.5, 0.6) is 0 Å². The zero-order valence-corrected chi connectivity index (χ0v) is 15.4. The molecule has 25 heavy (non-hydrogen) atoms. The van der Waals surface area contributed by atoms with Gasteiger partial charge in [-0.15, -0.1) is 0 Å². The van der Waals surface area contributed by atoms with Crippen molar-refractivity contribution in [3.8, 4) is 0 Å². The van der Waals surface area contributed by atoms with Crippen molar-refractivity contribution >= 4 is 40.1 Å². The standard InChI is InChI=1S/C19H19Cl2N3O/c1-2-19(25)22-10-9-18-23-16-5-3-4-6-17(16)24(18)12-13-7-8-14(20)15(21)11-13/h3-8,11H,2,9-10,12H2,1H3,(H,22,25). The van der Waals surface area contributed by atoms with E-state index in [-0.39, 0.29) is 5.91 Å². The summed E-state index contributed by atoms with van der Waals surface area (Å²) in [7, 11) is 0. The largest absolute Gasteiger partial charge is 0.356 e. The molecule has 0 fully saturated rings. The summed E-state index contributed by atoms with van der Waals surface area (Å²) >= 11 is 12.2. The van der Waals surface area contributed by atoms with E-state index in [9.17, 15) is 4.79 Å². The molecule has 0 spiro atoms. The van der Waals surface area contributed by atoms with Gasteiger partial charge >= 0.3 is 0 Å². The molecule has 3 aromatic rings. The van der Waals surface area contributed by atoms with Crippen molar-refractivity contribution in [2.45, 2.75) is 26.3 Å². The maximum Gasteiger partial charge on any atom is 0.219 e. The third-order valence-electron chi connectivity index (χ3n) is 4.05. The van der Waals surface area contributed by atoms with E-state index < -0.39 is 0 Å². The fourth-order valence-corrected chi connectivity index (χ4v) is 3.07. The van der Waals surface area contributed by atoms with Crippen LogP contribution in [0, 0.1) is 0 Å². The smallest absolute Gasteiger partial charge is 0.219 e. The molecule has 1 N–H and O–H groups in total. The van der Waals surface area contributed by atoms with E-state index in [0.29, 0.717) is 36.0 Å². The lowest BCUT2D eigenvalue weighted by molar-refractivity contribution is -0.120. The van der Waals surface area contributed by atoms with E-state index in [4.69, 9.17) is 28.2 Å². The van der Waals surface area contributed by atoms with Crippen LogP contribution in [0.3, 0.4) is 0 Å². The molecule has 0 unspecified atom stereocenters. The van der Waals surface area contributed by atoms with Crippen LogP contribution in [-0.4, -0.2) is 22.0 Å². The Morgan fingerprint density at radius 2 is 1.96 bits per heavy atom. The number of nitrogens with zero attached hydrogens (tertiary/aromatic N) is 2. The predicted octanol–water partition coefficient (Wildman–Crippen LogP) is 4.46. The van der Waals surface area contributed by atoms with Crippen molar-refractivity contribution in [2.75, 3.05) is 6.54 Å². The molecule has 1 amide bonds. The second kappa shape index (κ2) is 7.89. The van der Waals surface area contributed by atoms with Gasteiger partial charge in [0.15, 0.2) is 0 Å². The van der Waals surface area contributed by atoms with Gasteiger partial charge in [-0.2, -0.15) is 0 Å². The van der Waals surface area contributed by atoms with Gasteiger partial charge in [0, 0.05) is 25.9 Å². The van der Waals surface area contributed by atoms with Crippen LogP contribution in [0.1, 0.15) is 24.7 Å². The fourth-order valence-electron chi connectivity index (χ4n) is 2.75. The lowest BCUT2D eigenvalue weighted by Crippen LogP contribution is -2.25. The molecule has 0 aliphatic rings. The molecule has 0 aliphatic heterocycles. The summed E-state index contributed by atoms with van der Waals surface area (Å²) in [6, 6.07) is 13.7. The predicted molar refractivity (Wildman–Crippen MR) is 102 cm³/mol. The molecule has 1 aromatic heterocycles. The highest BCUT2D eigenvalue weighted by atomic mass is 35.5. The monoisotopic (exact) mass is 375 g/mol. The molecule has 0 bridgehead atoms. The van der Waals surface area contributed by atoms with Gasteiger partial charge in [0.1, 0.15) is 5.82 Å². The van der Waals surface area contributed by atoms with Crippen LogP contribution in [0.2, 0.25) is 10.0 Å². The van der Waals surface area contributed by atoms with E-state index in [1.165, 1.54) is 0 Å². The zero-order chi connectivity index (χ0) is 17.8. The number of nitrogens with one attached hydrogen (secondary N) is 1. The average molecular weight is 376 g/mol. The second-order valence-corrected chi connectivity index (χ2v) is 6.62. The molecule has 6 heteroatoms. The Labute approximate surface area is 156 Å². The van der Waals surface area contributed by atoms with Crippen LogP contribution in [0.15, 0.2) is 42.5 Å². The molecule has 130 valence electrons. The molecular formula is C19H19Cl2N3O. The Bertz CT molecular complexity index is 905. The number of imidazole rings is 1. The summed E-state index contributed by atoms with van der Waals surface area (Å²) in [5, 5.41) is 3.99. The first-order valence-electron chi connectivity index (χ1n) is 8.23. The van der Waals surface area contributed by atoms with Crippen LogP contribution < -0.4 is 5.32 Å². The number of carbonyl (C=O) groups is 1. The highest BCUT2D eigenvalue weighted by Crippen LogP contribution is 2.24. The summed E-state index contributed by atoms with van der Waals surface area (Å²) in [6.07, 6.45) is 1.15. The normalized spacial score (nSPS) is 11.0. The van der Waals surface area contributed by atoms with Crippen molar-refractivity contribution in [1.82, 2.24) is 14.9 Å². The van der Waals surface area contributed by atoms with Gasteiger partial charge < -0.3 is 9.88 Å². The van der Waals surface area contributed by atoms with Crippen molar-refractivity contribution in [1.29, 1.82) is 0 Å². The van der Waals surface area contributed by atoms with Gasteiger partial charge in [0.05, 0.1) is 21.1 Å². The summed E-state index contributed by atoms with van der Waals surface area (Å²) in [4.78, 5) is 16.2. The molecular weight excluding hydrogens is 357 g/mol. The van der Waals surface area contributed by atoms with Gasteiger partial charge in [-0.1, -0.05) is 48.3 Å². The summed E-state index contributed by atoms with van der Waals surface area (Å²) in [5.41, 5.74) is 3.06.